The molecule has 2 aliphatic rings. The number of carbonyl (C=O) groups excluding carboxylic acids is 3. The normalized spacial score (nSPS) is 21.0. The molecule has 8 nitrogen and oxygen atoms in total. The number of β-lactam (4-membered cyclic amide) rings is 1. The second-order valence-electron chi connectivity index (χ2n) is 5.32. The summed E-state index contributed by atoms with van der Waals surface area (Å²) in [6.45, 7) is 2.48. The molecular formula is C14H12N4O4. The molecule has 4 heterocycles. The molecule has 1 unspecified atom stereocenters. The molecule has 4 amide bonds. The summed E-state index contributed by atoms with van der Waals surface area (Å²) in [5, 5.41) is 4.63. The number of pyridine rings is 1. The van der Waals surface area contributed by atoms with Gasteiger partial charge in [-0.1, -0.05) is 0 Å². The molecule has 0 radical (unpaired) electrons. The molecule has 2 N–H and O–H groups in total. The molecule has 2 aromatic heterocycles. The zero-order valence-electron chi connectivity index (χ0n) is 11.7. The first kappa shape index (κ1) is 12.8. The lowest BCUT2D eigenvalue weighted by molar-refractivity contribution is -0.122. The zero-order chi connectivity index (χ0) is 15.4. The Bertz CT molecular complexity index is 841. The summed E-state index contributed by atoms with van der Waals surface area (Å²) in [6.07, 6.45) is 0.537. The average molecular weight is 300 g/mol. The van der Waals surface area contributed by atoms with Crippen LogP contribution in [0.5, 0.6) is 0 Å². The number of aromatic nitrogens is 1. The monoisotopic (exact) mass is 300 g/mol. The third-order valence-electron chi connectivity index (χ3n) is 3.89. The number of anilines is 1. The van der Waals surface area contributed by atoms with Gasteiger partial charge in [0.1, 0.15) is 11.3 Å². The second-order valence-corrected chi connectivity index (χ2v) is 5.32. The van der Waals surface area contributed by atoms with Crippen molar-refractivity contribution >= 4 is 34.6 Å². The number of imide groups is 1. The summed E-state index contributed by atoms with van der Waals surface area (Å²) in [7, 11) is 0. The molecule has 0 aliphatic carbocycles. The minimum Gasteiger partial charge on any atom is -0.457 e. The van der Waals surface area contributed by atoms with Gasteiger partial charge in [-0.3, -0.25) is 14.9 Å². The van der Waals surface area contributed by atoms with Crippen molar-refractivity contribution in [3.63, 3.8) is 0 Å². The van der Waals surface area contributed by atoms with Crippen LogP contribution in [0.3, 0.4) is 0 Å². The van der Waals surface area contributed by atoms with E-state index in [1.54, 1.807) is 17.0 Å². The molecule has 0 spiro atoms. The summed E-state index contributed by atoms with van der Waals surface area (Å²) in [4.78, 5) is 40.5. The Hall–Kier alpha value is -2.90. The molecule has 0 bridgehead atoms. The van der Waals surface area contributed by atoms with E-state index in [2.05, 4.69) is 15.6 Å². The van der Waals surface area contributed by atoms with Gasteiger partial charge in [-0.15, -0.1) is 0 Å². The molecule has 2 saturated heterocycles. The van der Waals surface area contributed by atoms with Gasteiger partial charge >= 0.3 is 6.03 Å². The SMILES string of the molecule is Cc1nc2cc(C3NC(=O)NC3=O)oc2cc1N1CCC1=O. The van der Waals surface area contributed by atoms with Crippen molar-refractivity contribution in [2.75, 3.05) is 11.4 Å². The standard InChI is InChI=1S/C14H12N4O4/c1-6-8(18-3-2-11(18)19)5-9-7(15-6)4-10(22-9)12-13(20)17-14(21)16-12/h4-5,12H,2-3H2,1H3,(H2,16,17,20,21). The largest absolute Gasteiger partial charge is 0.457 e. The van der Waals surface area contributed by atoms with Crippen molar-refractivity contribution in [3.05, 3.63) is 23.6 Å². The zero-order valence-corrected chi connectivity index (χ0v) is 11.7. The summed E-state index contributed by atoms with van der Waals surface area (Å²) in [5.74, 6) is -0.0882. The van der Waals surface area contributed by atoms with Crippen LogP contribution in [0, 0.1) is 6.92 Å². The first-order chi connectivity index (χ1) is 10.5. The summed E-state index contributed by atoms with van der Waals surface area (Å²) in [6, 6.07) is 1.97. The van der Waals surface area contributed by atoms with E-state index in [4.69, 9.17) is 4.42 Å². The summed E-state index contributed by atoms with van der Waals surface area (Å²) < 4.78 is 5.64. The molecule has 2 fully saturated rings. The Balaban J connectivity index is 1.76. The Morgan fingerprint density at radius 1 is 1.32 bits per heavy atom. The average Bonchev–Trinajstić information content (AvgIpc) is 3.00. The van der Waals surface area contributed by atoms with Crippen molar-refractivity contribution in [2.24, 2.45) is 0 Å². The smallest absolute Gasteiger partial charge is 0.322 e. The van der Waals surface area contributed by atoms with E-state index in [1.807, 2.05) is 6.92 Å². The maximum Gasteiger partial charge on any atom is 0.322 e. The third kappa shape index (κ3) is 1.77. The molecule has 1 atom stereocenters. The van der Waals surface area contributed by atoms with Crippen LogP contribution in [0.25, 0.3) is 11.1 Å². The van der Waals surface area contributed by atoms with Crippen molar-refractivity contribution < 1.29 is 18.8 Å². The van der Waals surface area contributed by atoms with Gasteiger partial charge in [0.15, 0.2) is 11.6 Å². The number of hydrogen-bond donors (Lipinski definition) is 2. The molecule has 2 aliphatic heterocycles. The van der Waals surface area contributed by atoms with Crippen molar-refractivity contribution in [1.82, 2.24) is 15.6 Å². The van der Waals surface area contributed by atoms with E-state index in [0.717, 1.165) is 0 Å². The maximum atomic E-state index is 11.7. The first-order valence-corrected chi connectivity index (χ1v) is 6.86. The number of rotatable bonds is 2. The molecule has 8 heteroatoms. The van der Waals surface area contributed by atoms with Crippen LogP contribution in [-0.2, 0) is 9.59 Å². The van der Waals surface area contributed by atoms with Gasteiger partial charge in [-0.05, 0) is 6.92 Å². The fourth-order valence-electron chi connectivity index (χ4n) is 2.67. The predicted molar refractivity (Wildman–Crippen MR) is 75.1 cm³/mol. The number of furan rings is 1. The molecule has 22 heavy (non-hydrogen) atoms. The van der Waals surface area contributed by atoms with Gasteiger partial charge in [-0.25, -0.2) is 9.78 Å². The Labute approximate surface area is 124 Å². The van der Waals surface area contributed by atoms with Crippen LogP contribution in [-0.4, -0.2) is 29.4 Å². The van der Waals surface area contributed by atoms with Crippen LogP contribution in [0.4, 0.5) is 10.5 Å². The van der Waals surface area contributed by atoms with Gasteiger partial charge in [0.25, 0.3) is 5.91 Å². The second kappa shape index (κ2) is 4.30. The number of nitrogens with one attached hydrogen (secondary N) is 2. The molecule has 0 saturated carbocycles. The van der Waals surface area contributed by atoms with Gasteiger partial charge in [-0.2, -0.15) is 0 Å². The van der Waals surface area contributed by atoms with E-state index in [1.165, 1.54) is 0 Å². The first-order valence-electron chi connectivity index (χ1n) is 6.86. The lowest BCUT2D eigenvalue weighted by Crippen LogP contribution is -2.43. The van der Waals surface area contributed by atoms with Crippen molar-refractivity contribution in [2.45, 2.75) is 19.4 Å². The fraction of sp³-hybridized carbons (Fsp3) is 0.286. The van der Waals surface area contributed by atoms with Crippen LogP contribution >= 0.6 is 0 Å². The maximum absolute atomic E-state index is 11.7. The minimum atomic E-state index is -0.851. The van der Waals surface area contributed by atoms with E-state index in [9.17, 15) is 14.4 Å². The number of nitrogens with zero attached hydrogens (tertiary/aromatic N) is 2. The number of urea groups is 1. The number of fused-ring (bicyclic) bond motifs is 1. The fourth-order valence-corrected chi connectivity index (χ4v) is 2.67. The van der Waals surface area contributed by atoms with Gasteiger partial charge in [0.2, 0.25) is 5.91 Å². The van der Waals surface area contributed by atoms with E-state index in [-0.39, 0.29) is 5.91 Å². The highest BCUT2D eigenvalue weighted by molar-refractivity contribution is 6.04. The highest BCUT2D eigenvalue weighted by Crippen LogP contribution is 2.31. The van der Waals surface area contributed by atoms with E-state index < -0.39 is 18.0 Å². The lowest BCUT2D eigenvalue weighted by Gasteiger charge is -2.31. The van der Waals surface area contributed by atoms with E-state index >= 15 is 0 Å². The molecular weight excluding hydrogens is 288 g/mol. The number of carbonyl (C=O) groups is 3. The van der Waals surface area contributed by atoms with Crippen molar-refractivity contribution in [1.29, 1.82) is 0 Å². The lowest BCUT2D eigenvalue weighted by atomic mass is 10.1. The van der Waals surface area contributed by atoms with E-state index in [0.29, 0.717) is 41.2 Å². The number of hydrogen-bond acceptors (Lipinski definition) is 5. The highest BCUT2D eigenvalue weighted by Gasteiger charge is 2.34. The summed E-state index contributed by atoms with van der Waals surface area (Å²) in [5.41, 5.74) is 2.49. The highest BCUT2D eigenvalue weighted by atomic mass is 16.3. The van der Waals surface area contributed by atoms with Crippen LogP contribution in [0.1, 0.15) is 23.9 Å². The van der Waals surface area contributed by atoms with Crippen LogP contribution < -0.4 is 15.5 Å². The molecule has 2 aromatic rings. The van der Waals surface area contributed by atoms with Gasteiger partial charge < -0.3 is 14.6 Å². The third-order valence-corrected chi connectivity index (χ3v) is 3.89. The van der Waals surface area contributed by atoms with Crippen molar-refractivity contribution in [3.8, 4) is 0 Å². The van der Waals surface area contributed by atoms with Crippen LogP contribution in [0.2, 0.25) is 0 Å². The predicted octanol–water partition coefficient (Wildman–Crippen LogP) is 0.753. The Kier molecular flexibility index (Phi) is 2.50. The number of amides is 4. The quantitative estimate of drug-likeness (QED) is 0.629. The molecule has 112 valence electrons. The molecule has 4 rings (SSSR count). The summed E-state index contributed by atoms with van der Waals surface area (Å²) >= 11 is 0. The van der Waals surface area contributed by atoms with Crippen LogP contribution in [0.15, 0.2) is 16.5 Å². The Morgan fingerprint density at radius 2 is 2.14 bits per heavy atom. The minimum absolute atomic E-state index is 0.0541. The molecule has 0 aromatic carbocycles. The van der Waals surface area contributed by atoms with Gasteiger partial charge in [0, 0.05) is 25.1 Å². The Morgan fingerprint density at radius 3 is 2.73 bits per heavy atom. The number of aryl methyl sites for hydroxylation is 1. The topological polar surface area (TPSA) is 105 Å². The van der Waals surface area contributed by atoms with Gasteiger partial charge in [0.05, 0.1) is 11.4 Å².